The van der Waals surface area contributed by atoms with E-state index in [4.69, 9.17) is 23.2 Å². The molecule has 0 aliphatic heterocycles. The van der Waals surface area contributed by atoms with Gasteiger partial charge in [0, 0.05) is 25.0 Å². The van der Waals surface area contributed by atoms with Crippen molar-refractivity contribution in [1.82, 2.24) is 18.7 Å². The van der Waals surface area contributed by atoms with E-state index in [0.717, 1.165) is 29.7 Å². The first kappa shape index (κ1) is 19.7. The van der Waals surface area contributed by atoms with Gasteiger partial charge < -0.3 is 4.57 Å². The first-order chi connectivity index (χ1) is 12.9. The molecule has 1 aromatic carbocycles. The van der Waals surface area contributed by atoms with Crippen molar-refractivity contribution in [1.29, 1.82) is 0 Å². The van der Waals surface area contributed by atoms with Crippen LogP contribution in [0.5, 0.6) is 0 Å². The molecule has 0 bridgehead atoms. The van der Waals surface area contributed by atoms with Crippen molar-refractivity contribution in [3.63, 3.8) is 0 Å². The van der Waals surface area contributed by atoms with Gasteiger partial charge >= 0.3 is 5.69 Å². The van der Waals surface area contributed by atoms with Crippen molar-refractivity contribution in [3.8, 4) is 5.69 Å². The maximum atomic E-state index is 12.9. The Bertz CT molecular complexity index is 1110. The summed E-state index contributed by atoms with van der Waals surface area (Å²) in [5.41, 5.74) is 0.377. The first-order valence-corrected chi connectivity index (χ1v) is 9.82. The van der Waals surface area contributed by atoms with E-state index in [2.05, 4.69) is 11.9 Å². The molecule has 0 saturated heterocycles. The molecule has 0 N–H and O–H groups in total. The number of benzene rings is 1. The molecule has 0 saturated carbocycles. The number of unbranched alkanes of at least 4 members (excludes halogenated alkanes) is 2. The lowest BCUT2D eigenvalue weighted by Crippen LogP contribution is -2.38. The standard InChI is InChI=1S/C19H22Cl2N4O2/c1-4-6-7-10-24-15(5-2)22-17-16(24)18(26)23(3)19(27)25(17)14-9-8-12(20)11-13(14)21/h8-9,11H,4-7,10H2,1-3H3. The van der Waals surface area contributed by atoms with Crippen LogP contribution in [0.15, 0.2) is 27.8 Å². The topological polar surface area (TPSA) is 61.8 Å². The largest absolute Gasteiger partial charge is 0.337 e. The Morgan fingerprint density at radius 3 is 2.48 bits per heavy atom. The highest BCUT2D eigenvalue weighted by atomic mass is 35.5. The number of rotatable bonds is 6. The first-order valence-electron chi connectivity index (χ1n) is 9.07. The van der Waals surface area contributed by atoms with Gasteiger partial charge in [0.1, 0.15) is 5.82 Å². The molecule has 0 spiro atoms. The fraction of sp³-hybridized carbons (Fsp3) is 0.421. The molecule has 0 fully saturated rings. The van der Waals surface area contributed by atoms with Crippen LogP contribution in [0.1, 0.15) is 38.9 Å². The third kappa shape index (κ3) is 3.44. The Morgan fingerprint density at radius 2 is 1.85 bits per heavy atom. The molecule has 0 aliphatic carbocycles. The van der Waals surface area contributed by atoms with Gasteiger partial charge in [0.2, 0.25) is 0 Å². The highest BCUT2D eigenvalue weighted by molar-refractivity contribution is 6.35. The van der Waals surface area contributed by atoms with Crippen LogP contribution in [0.3, 0.4) is 0 Å². The van der Waals surface area contributed by atoms with Crippen molar-refractivity contribution in [2.24, 2.45) is 7.05 Å². The lowest BCUT2D eigenvalue weighted by atomic mass is 10.2. The molecule has 2 aromatic heterocycles. The second-order valence-corrected chi connectivity index (χ2v) is 7.33. The summed E-state index contributed by atoms with van der Waals surface area (Å²) in [6.45, 7) is 4.81. The molecule has 6 nitrogen and oxygen atoms in total. The van der Waals surface area contributed by atoms with Crippen LogP contribution in [0, 0.1) is 0 Å². The fourth-order valence-electron chi connectivity index (χ4n) is 3.25. The van der Waals surface area contributed by atoms with Gasteiger partial charge in [-0.05, 0) is 24.6 Å². The molecule has 2 heterocycles. The molecule has 0 unspecified atom stereocenters. The quantitative estimate of drug-likeness (QED) is 0.580. The molecule has 144 valence electrons. The summed E-state index contributed by atoms with van der Waals surface area (Å²) in [6.07, 6.45) is 3.74. The van der Waals surface area contributed by atoms with Crippen molar-refractivity contribution in [2.75, 3.05) is 0 Å². The van der Waals surface area contributed by atoms with Gasteiger partial charge in [-0.1, -0.05) is 49.9 Å². The molecule has 8 heteroatoms. The molecular weight excluding hydrogens is 387 g/mol. The molecule has 0 amide bonds. The molecule has 3 aromatic rings. The predicted molar refractivity (Wildman–Crippen MR) is 109 cm³/mol. The van der Waals surface area contributed by atoms with E-state index in [1.54, 1.807) is 18.2 Å². The Kier molecular flexibility index (Phi) is 5.77. The fourth-order valence-corrected chi connectivity index (χ4v) is 3.74. The van der Waals surface area contributed by atoms with Crippen molar-refractivity contribution < 1.29 is 0 Å². The van der Waals surface area contributed by atoms with Crippen molar-refractivity contribution >= 4 is 34.4 Å². The monoisotopic (exact) mass is 408 g/mol. The van der Waals surface area contributed by atoms with Gasteiger partial charge in [0.05, 0.1) is 10.7 Å². The number of fused-ring (bicyclic) bond motifs is 1. The van der Waals surface area contributed by atoms with E-state index in [1.165, 1.54) is 11.6 Å². The summed E-state index contributed by atoms with van der Waals surface area (Å²) in [4.78, 5) is 30.4. The number of hydrogen-bond donors (Lipinski definition) is 0. The normalized spacial score (nSPS) is 11.4. The minimum absolute atomic E-state index is 0.322. The summed E-state index contributed by atoms with van der Waals surface area (Å²) in [5, 5.41) is 0.792. The van der Waals surface area contributed by atoms with E-state index in [9.17, 15) is 9.59 Å². The Balaban J connectivity index is 2.38. The highest BCUT2D eigenvalue weighted by Gasteiger charge is 2.21. The smallest absolute Gasteiger partial charge is 0.322 e. The van der Waals surface area contributed by atoms with Crippen molar-refractivity contribution in [3.05, 3.63) is 54.9 Å². The predicted octanol–water partition coefficient (Wildman–Crippen LogP) is 3.95. The average Bonchev–Trinajstić information content (AvgIpc) is 3.00. The summed E-state index contributed by atoms with van der Waals surface area (Å²) in [7, 11) is 1.47. The van der Waals surface area contributed by atoms with Crippen LogP contribution in [0.4, 0.5) is 0 Å². The summed E-state index contributed by atoms with van der Waals surface area (Å²) < 4.78 is 4.43. The van der Waals surface area contributed by atoms with Gasteiger partial charge in [0.15, 0.2) is 11.2 Å². The number of aromatic nitrogens is 4. The SMILES string of the molecule is CCCCCn1c(CC)nc2c1c(=O)n(C)c(=O)n2-c1ccc(Cl)cc1Cl. The molecule has 0 atom stereocenters. The Morgan fingerprint density at radius 1 is 1.11 bits per heavy atom. The van der Waals surface area contributed by atoms with Gasteiger partial charge in [-0.3, -0.25) is 9.36 Å². The van der Waals surface area contributed by atoms with Crippen LogP contribution >= 0.6 is 23.2 Å². The average molecular weight is 409 g/mol. The molecule has 27 heavy (non-hydrogen) atoms. The number of imidazole rings is 1. The minimum atomic E-state index is -0.488. The van der Waals surface area contributed by atoms with Crippen molar-refractivity contribution in [2.45, 2.75) is 46.1 Å². The Hall–Kier alpha value is -2.05. The number of halogens is 2. The van der Waals surface area contributed by atoms with Crippen LogP contribution in [-0.2, 0) is 20.0 Å². The van der Waals surface area contributed by atoms with E-state index in [0.29, 0.717) is 39.9 Å². The van der Waals surface area contributed by atoms with Crippen LogP contribution in [0.2, 0.25) is 10.0 Å². The lowest BCUT2D eigenvalue weighted by Gasteiger charge is -2.12. The zero-order valence-electron chi connectivity index (χ0n) is 15.6. The zero-order chi connectivity index (χ0) is 19.7. The van der Waals surface area contributed by atoms with Crippen LogP contribution in [-0.4, -0.2) is 18.7 Å². The molecule has 0 radical (unpaired) electrons. The van der Waals surface area contributed by atoms with E-state index < -0.39 is 5.69 Å². The number of hydrogen-bond acceptors (Lipinski definition) is 3. The minimum Gasteiger partial charge on any atom is -0.322 e. The van der Waals surface area contributed by atoms with Gasteiger partial charge in [-0.15, -0.1) is 0 Å². The Labute approximate surface area is 167 Å². The third-order valence-corrected chi connectivity index (χ3v) is 5.22. The summed E-state index contributed by atoms with van der Waals surface area (Å²) in [5.74, 6) is 0.780. The zero-order valence-corrected chi connectivity index (χ0v) is 17.1. The van der Waals surface area contributed by atoms with Gasteiger partial charge in [-0.2, -0.15) is 0 Å². The maximum absolute atomic E-state index is 12.9. The van der Waals surface area contributed by atoms with Gasteiger partial charge in [0.25, 0.3) is 5.56 Å². The number of aryl methyl sites for hydroxylation is 2. The second kappa shape index (κ2) is 7.90. The highest BCUT2D eigenvalue weighted by Crippen LogP contribution is 2.26. The molecule has 3 rings (SSSR count). The summed E-state index contributed by atoms with van der Waals surface area (Å²) >= 11 is 12.3. The van der Waals surface area contributed by atoms with Crippen LogP contribution < -0.4 is 11.2 Å². The molecular formula is C19H22Cl2N4O2. The molecule has 0 aliphatic rings. The number of nitrogens with zero attached hydrogens (tertiary/aromatic N) is 4. The lowest BCUT2D eigenvalue weighted by molar-refractivity contribution is 0.591. The van der Waals surface area contributed by atoms with E-state index in [-0.39, 0.29) is 5.56 Å². The van der Waals surface area contributed by atoms with Crippen LogP contribution in [0.25, 0.3) is 16.9 Å². The second-order valence-electron chi connectivity index (χ2n) is 6.49. The summed E-state index contributed by atoms with van der Waals surface area (Å²) in [6, 6.07) is 4.89. The van der Waals surface area contributed by atoms with Gasteiger partial charge in [-0.25, -0.2) is 14.3 Å². The van der Waals surface area contributed by atoms with E-state index >= 15 is 0 Å². The third-order valence-electron chi connectivity index (χ3n) is 4.68. The van der Waals surface area contributed by atoms with E-state index in [1.807, 2.05) is 11.5 Å². The maximum Gasteiger partial charge on any atom is 0.337 e.